The fraction of sp³-hybridized carbons (Fsp3) is 0.500. The fourth-order valence-corrected chi connectivity index (χ4v) is 0. The van der Waals surface area contributed by atoms with Crippen LogP contribution in [0.15, 0.2) is 0 Å². The van der Waals surface area contributed by atoms with Crippen LogP contribution >= 0.6 is 0 Å². The van der Waals surface area contributed by atoms with E-state index in [1.54, 1.807) is 0 Å². The summed E-state index contributed by atoms with van der Waals surface area (Å²) in [4.78, 5) is 8.89. The summed E-state index contributed by atoms with van der Waals surface area (Å²) in [5, 5.41) is 8.89. The molecule has 4 heteroatoms. The third kappa shape index (κ3) is 124. The van der Waals surface area contributed by atoms with E-state index in [4.69, 9.17) is 9.90 Å². The van der Waals surface area contributed by atoms with Crippen molar-refractivity contribution in [3.63, 3.8) is 0 Å². The van der Waals surface area contributed by atoms with Crippen LogP contribution in [-0.2, 0) is 25.2 Å². The Hall–Kier alpha value is 0.730. The number of carbonyl (C=O) groups excluding carboxylic acids is 1. The summed E-state index contributed by atoms with van der Waals surface area (Å²) < 4.78 is 0. The predicted octanol–water partition coefficient (Wildman–Crippen LogP) is -4.24. The van der Waals surface area contributed by atoms with Gasteiger partial charge in [0.2, 0.25) is 0 Å². The standard InChI is InChI=1S/C2H4O2.Li.Pd/c1-2(3)4;;/h1H3,(H,3,4);;/q;+1;+2/p-1. The first kappa shape index (κ1) is 15.9. The predicted molar refractivity (Wildman–Crippen MR) is 10.7 cm³/mol. The molecule has 0 amide bonds. The maximum Gasteiger partial charge on any atom is 2.00 e. The SMILES string of the molecule is CC(=O)[O-].[Li+].[Pd+2]. The third-order valence-electron chi connectivity index (χ3n) is 0. The molecule has 6 heavy (non-hydrogen) atoms. The molecule has 0 saturated heterocycles. The van der Waals surface area contributed by atoms with Gasteiger partial charge < -0.3 is 9.90 Å². The van der Waals surface area contributed by atoms with Gasteiger partial charge in [0.1, 0.15) is 0 Å². The van der Waals surface area contributed by atoms with Gasteiger partial charge in [-0.25, -0.2) is 0 Å². The minimum atomic E-state index is -1.08. The van der Waals surface area contributed by atoms with E-state index in [0.29, 0.717) is 0 Å². The van der Waals surface area contributed by atoms with Gasteiger partial charge in [-0.1, -0.05) is 0 Å². The molecule has 0 N–H and O–H groups in total. The summed E-state index contributed by atoms with van der Waals surface area (Å²) in [5.74, 6) is -1.08. The van der Waals surface area contributed by atoms with Crippen LogP contribution in [0.5, 0.6) is 0 Å². The molecular formula is C2H3LiO2Pd+2. The minimum Gasteiger partial charge on any atom is -0.550 e. The van der Waals surface area contributed by atoms with Gasteiger partial charge in [0.15, 0.2) is 0 Å². The van der Waals surface area contributed by atoms with E-state index in [0.717, 1.165) is 6.92 Å². The van der Waals surface area contributed by atoms with Crippen LogP contribution in [0.25, 0.3) is 0 Å². The van der Waals surface area contributed by atoms with E-state index in [9.17, 15) is 0 Å². The molecule has 0 rings (SSSR count). The van der Waals surface area contributed by atoms with Gasteiger partial charge >= 0.3 is 39.3 Å². The Morgan fingerprint density at radius 2 is 1.67 bits per heavy atom. The number of aliphatic carboxylic acids is 1. The van der Waals surface area contributed by atoms with Crippen LogP contribution in [-0.4, -0.2) is 5.97 Å². The second-order valence-corrected chi connectivity index (χ2v) is 0.492. The van der Waals surface area contributed by atoms with Crippen LogP contribution in [0.3, 0.4) is 0 Å². The van der Waals surface area contributed by atoms with Gasteiger partial charge in [0.05, 0.1) is 0 Å². The second kappa shape index (κ2) is 9.21. The maximum atomic E-state index is 8.89. The summed E-state index contributed by atoms with van der Waals surface area (Å²) in [7, 11) is 0. The topological polar surface area (TPSA) is 40.1 Å². The Bertz CT molecular complexity index is 34.5. The summed E-state index contributed by atoms with van der Waals surface area (Å²) in [6.07, 6.45) is 0. The zero-order valence-corrected chi connectivity index (χ0v) is 5.19. The van der Waals surface area contributed by atoms with Crippen LogP contribution in [0.2, 0.25) is 0 Å². The Labute approximate surface area is 62.1 Å². The molecule has 0 aliphatic heterocycles. The van der Waals surface area contributed by atoms with Gasteiger partial charge in [-0.3, -0.25) is 0 Å². The Balaban J connectivity index is -0.0000000450. The number of rotatable bonds is 0. The number of hydrogen-bond donors (Lipinski definition) is 0. The van der Waals surface area contributed by atoms with Gasteiger partial charge in [-0.2, -0.15) is 0 Å². The molecule has 0 radical (unpaired) electrons. The fourth-order valence-electron chi connectivity index (χ4n) is 0. The molecule has 0 heterocycles. The first-order chi connectivity index (χ1) is 1.73. The molecule has 0 spiro atoms. The van der Waals surface area contributed by atoms with E-state index in [1.807, 2.05) is 0 Å². The van der Waals surface area contributed by atoms with E-state index in [-0.39, 0.29) is 39.3 Å². The molecule has 0 aromatic rings. The molecule has 0 saturated carbocycles. The van der Waals surface area contributed by atoms with Crippen molar-refractivity contribution in [3.8, 4) is 0 Å². The molecule has 0 atom stereocenters. The average molecular weight is 172 g/mol. The zero-order chi connectivity index (χ0) is 3.58. The Morgan fingerprint density at radius 1 is 1.67 bits per heavy atom. The Morgan fingerprint density at radius 3 is 1.67 bits per heavy atom. The molecule has 0 bridgehead atoms. The molecule has 32 valence electrons. The van der Waals surface area contributed by atoms with E-state index in [2.05, 4.69) is 0 Å². The van der Waals surface area contributed by atoms with Crippen molar-refractivity contribution in [3.05, 3.63) is 0 Å². The van der Waals surface area contributed by atoms with E-state index >= 15 is 0 Å². The van der Waals surface area contributed by atoms with Crippen molar-refractivity contribution in [2.24, 2.45) is 0 Å². The molecule has 0 aromatic carbocycles. The molecule has 0 aliphatic rings. The molecule has 0 aromatic heterocycles. The monoisotopic (exact) mass is 172 g/mol. The first-order valence-electron chi connectivity index (χ1n) is 0.908. The number of hydrogen-bond acceptors (Lipinski definition) is 2. The van der Waals surface area contributed by atoms with Crippen LogP contribution in [0.4, 0.5) is 0 Å². The van der Waals surface area contributed by atoms with E-state index < -0.39 is 5.97 Å². The summed E-state index contributed by atoms with van der Waals surface area (Å²) >= 11 is 0. The summed E-state index contributed by atoms with van der Waals surface area (Å²) in [5.41, 5.74) is 0. The average Bonchev–Trinajstić information content (AvgIpc) is 0.811. The van der Waals surface area contributed by atoms with Gasteiger partial charge in [0, 0.05) is 5.97 Å². The van der Waals surface area contributed by atoms with Gasteiger partial charge in [-0.15, -0.1) is 0 Å². The van der Waals surface area contributed by atoms with Crippen molar-refractivity contribution >= 4 is 5.97 Å². The number of carboxylic acids is 1. The molecule has 0 fully saturated rings. The zero-order valence-electron chi connectivity index (χ0n) is 3.63. The Kier molecular flexibility index (Phi) is 24.4. The van der Waals surface area contributed by atoms with E-state index in [1.165, 1.54) is 0 Å². The number of carbonyl (C=O) groups is 1. The maximum absolute atomic E-state index is 8.89. The molecule has 0 aliphatic carbocycles. The third-order valence-corrected chi connectivity index (χ3v) is 0. The summed E-state index contributed by atoms with van der Waals surface area (Å²) in [6.45, 7) is 0.972. The van der Waals surface area contributed by atoms with Crippen LogP contribution in [0, 0.1) is 0 Å². The molecular weight excluding hydrogens is 169 g/mol. The van der Waals surface area contributed by atoms with Crippen LogP contribution in [0.1, 0.15) is 6.92 Å². The molecule has 0 unspecified atom stereocenters. The normalized spacial score (nSPS) is 4.17. The summed E-state index contributed by atoms with van der Waals surface area (Å²) in [6, 6.07) is 0. The van der Waals surface area contributed by atoms with Gasteiger partial charge in [-0.05, 0) is 6.92 Å². The largest absolute Gasteiger partial charge is 2.00 e. The number of carboxylic acid groups (broad SMARTS) is 1. The van der Waals surface area contributed by atoms with Crippen molar-refractivity contribution in [2.45, 2.75) is 6.92 Å². The second-order valence-electron chi connectivity index (χ2n) is 0.492. The minimum absolute atomic E-state index is 0. The smallest absolute Gasteiger partial charge is 0.550 e. The molecule has 2 nitrogen and oxygen atoms in total. The van der Waals surface area contributed by atoms with Crippen LogP contribution < -0.4 is 24.0 Å². The van der Waals surface area contributed by atoms with Crippen molar-refractivity contribution < 1.29 is 49.2 Å². The quantitative estimate of drug-likeness (QED) is 0.347. The van der Waals surface area contributed by atoms with Gasteiger partial charge in [0.25, 0.3) is 0 Å². The van der Waals surface area contributed by atoms with Crippen molar-refractivity contribution in [2.75, 3.05) is 0 Å². The van der Waals surface area contributed by atoms with Crippen molar-refractivity contribution in [1.82, 2.24) is 0 Å². The first-order valence-corrected chi connectivity index (χ1v) is 0.908. The van der Waals surface area contributed by atoms with Crippen molar-refractivity contribution in [1.29, 1.82) is 0 Å².